The Kier molecular flexibility index (Phi) is 8.17. The van der Waals surface area contributed by atoms with E-state index >= 15 is 0 Å². The van der Waals surface area contributed by atoms with Crippen molar-refractivity contribution in [3.8, 4) is 22.6 Å². The van der Waals surface area contributed by atoms with Gasteiger partial charge < -0.3 is 24.3 Å². The maximum Gasteiger partial charge on any atom is 0.306 e. The van der Waals surface area contributed by atoms with E-state index in [4.69, 9.17) is 18.9 Å². The van der Waals surface area contributed by atoms with Gasteiger partial charge in [0.05, 0.1) is 20.1 Å². The predicted octanol–water partition coefficient (Wildman–Crippen LogP) is 5.95. The highest BCUT2D eigenvalue weighted by Gasteiger charge is 2.27. The van der Waals surface area contributed by atoms with Crippen molar-refractivity contribution in [1.29, 1.82) is 0 Å². The molecule has 2 aliphatic heterocycles. The molecule has 204 valence electrons. The van der Waals surface area contributed by atoms with Crippen LogP contribution in [0.2, 0.25) is 0 Å². The van der Waals surface area contributed by atoms with Gasteiger partial charge in [-0.1, -0.05) is 24.3 Å². The lowest BCUT2D eigenvalue weighted by atomic mass is 9.93. The number of ether oxygens (including phenoxy) is 4. The molecule has 2 heterocycles. The number of rotatable bonds is 8. The van der Waals surface area contributed by atoms with Gasteiger partial charge in [0.1, 0.15) is 18.1 Å². The van der Waals surface area contributed by atoms with Crippen LogP contribution in [0.15, 0.2) is 54.6 Å². The van der Waals surface area contributed by atoms with Gasteiger partial charge in [0, 0.05) is 42.4 Å². The maximum absolute atomic E-state index is 12.7. The smallest absolute Gasteiger partial charge is 0.306 e. The van der Waals surface area contributed by atoms with Gasteiger partial charge in [-0.25, -0.2) is 0 Å². The Bertz CT molecular complexity index is 1340. The highest BCUT2D eigenvalue weighted by molar-refractivity contribution is 5.93. The van der Waals surface area contributed by atoms with Crippen LogP contribution in [0.5, 0.6) is 11.5 Å². The third-order valence-corrected chi connectivity index (χ3v) is 7.52. The van der Waals surface area contributed by atoms with E-state index in [0.717, 1.165) is 63.4 Å². The number of carbonyl (C=O) groups excluding carboxylic acids is 2. The molecular weight excluding hydrogens is 494 g/mol. The van der Waals surface area contributed by atoms with Crippen molar-refractivity contribution in [2.24, 2.45) is 5.92 Å². The number of nitrogens with one attached hydrogen (secondary N) is 1. The lowest BCUT2D eigenvalue weighted by Crippen LogP contribution is -2.28. The van der Waals surface area contributed by atoms with E-state index in [1.165, 1.54) is 7.11 Å². The monoisotopic (exact) mass is 529 g/mol. The molecule has 2 aliphatic rings. The highest BCUT2D eigenvalue weighted by atomic mass is 16.5. The average molecular weight is 530 g/mol. The fraction of sp³-hybridized carbons (Fsp3) is 0.375. The van der Waals surface area contributed by atoms with Crippen molar-refractivity contribution < 1.29 is 28.5 Å². The number of fused-ring (bicyclic) bond motifs is 1. The van der Waals surface area contributed by atoms with Crippen LogP contribution in [0, 0.1) is 19.8 Å². The SMILES string of the molecule is COC(=O)CC1COc2cc(OCc3cccc(-c4c(C)cc(NC(=O)C5CCOCC5)cc4C)c3)ccc21. The summed E-state index contributed by atoms with van der Waals surface area (Å²) in [7, 11) is 1.40. The van der Waals surface area contributed by atoms with E-state index < -0.39 is 0 Å². The summed E-state index contributed by atoms with van der Waals surface area (Å²) < 4.78 is 22.1. The van der Waals surface area contributed by atoms with E-state index in [0.29, 0.717) is 32.8 Å². The second kappa shape index (κ2) is 11.9. The molecule has 0 aliphatic carbocycles. The fourth-order valence-electron chi connectivity index (χ4n) is 5.48. The minimum atomic E-state index is -0.239. The Hall–Kier alpha value is -3.84. The molecule has 39 heavy (non-hydrogen) atoms. The number of esters is 1. The minimum absolute atomic E-state index is 0.00577. The molecule has 5 rings (SSSR count). The van der Waals surface area contributed by atoms with Crippen molar-refractivity contribution in [2.45, 2.75) is 45.6 Å². The molecule has 1 amide bonds. The highest BCUT2D eigenvalue weighted by Crippen LogP contribution is 2.39. The summed E-state index contributed by atoms with van der Waals surface area (Å²) in [4.78, 5) is 24.4. The molecule has 7 heteroatoms. The third kappa shape index (κ3) is 6.25. The summed E-state index contributed by atoms with van der Waals surface area (Å²) in [5, 5.41) is 3.11. The summed E-state index contributed by atoms with van der Waals surface area (Å²) in [5.74, 6) is 1.32. The Balaban J connectivity index is 1.25. The van der Waals surface area contributed by atoms with Crippen molar-refractivity contribution >= 4 is 17.6 Å². The molecular formula is C32H35NO6. The molecule has 1 fully saturated rings. The predicted molar refractivity (Wildman–Crippen MR) is 149 cm³/mol. The molecule has 0 radical (unpaired) electrons. The topological polar surface area (TPSA) is 83.1 Å². The van der Waals surface area contributed by atoms with Gasteiger partial charge in [0.25, 0.3) is 0 Å². The van der Waals surface area contributed by atoms with Gasteiger partial charge in [-0.2, -0.15) is 0 Å². The van der Waals surface area contributed by atoms with E-state index in [1.54, 1.807) is 0 Å². The zero-order valence-corrected chi connectivity index (χ0v) is 22.8. The van der Waals surface area contributed by atoms with Gasteiger partial charge >= 0.3 is 5.97 Å². The number of aryl methyl sites for hydroxylation is 2. The maximum atomic E-state index is 12.7. The first-order valence-corrected chi connectivity index (χ1v) is 13.5. The molecule has 0 saturated carbocycles. The van der Waals surface area contributed by atoms with Gasteiger partial charge in [0.15, 0.2) is 0 Å². The first kappa shape index (κ1) is 26.8. The second-order valence-electron chi connectivity index (χ2n) is 10.3. The Morgan fingerprint density at radius 1 is 1.00 bits per heavy atom. The summed E-state index contributed by atoms with van der Waals surface area (Å²) in [6, 6.07) is 18.2. The van der Waals surface area contributed by atoms with Crippen molar-refractivity contribution in [3.63, 3.8) is 0 Å². The Morgan fingerprint density at radius 2 is 1.77 bits per heavy atom. The normalized spacial score (nSPS) is 16.7. The molecule has 1 unspecified atom stereocenters. The Labute approximate surface area is 229 Å². The number of hydrogen-bond acceptors (Lipinski definition) is 6. The quantitative estimate of drug-likeness (QED) is 0.363. The van der Waals surface area contributed by atoms with Crippen LogP contribution in [-0.4, -0.2) is 38.8 Å². The van der Waals surface area contributed by atoms with Gasteiger partial charge in [-0.3, -0.25) is 9.59 Å². The van der Waals surface area contributed by atoms with Crippen LogP contribution in [0.3, 0.4) is 0 Å². The molecule has 3 aromatic carbocycles. The second-order valence-corrected chi connectivity index (χ2v) is 10.3. The molecule has 0 spiro atoms. The van der Waals surface area contributed by atoms with Gasteiger partial charge in [-0.05, 0) is 78.8 Å². The zero-order valence-electron chi connectivity index (χ0n) is 22.8. The Morgan fingerprint density at radius 3 is 2.51 bits per heavy atom. The number of amides is 1. The van der Waals surface area contributed by atoms with Crippen molar-refractivity contribution in [2.75, 3.05) is 32.2 Å². The molecule has 3 aromatic rings. The van der Waals surface area contributed by atoms with Crippen LogP contribution in [-0.2, 0) is 25.7 Å². The number of hydrogen-bond donors (Lipinski definition) is 1. The lowest BCUT2D eigenvalue weighted by Gasteiger charge is -2.22. The van der Waals surface area contributed by atoms with Crippen molar-refractivity contribution in [3.05, 3.63) is 76.9 Å². The largest absolute Gasteiger partial charge is 0.492 e. The zero-order chi connectivity index (χ0) is 27.4. The van der Waals surface area contributed by atoms with E-state index in [2.05, 4.69) is 31.3 Å². The number of methoxy groups -OCH3 is 1. The van der Waals surface area contributed by atoms with Crippen LogP contribution >= 0.6 is 0 Å². The number of carbonyl (C=O) groups is 2. The minimum Gasteiger partial charge on any atom is -0.492 e. The summed E-state index contributed by atoms with van der Waals surface area (Å²) >= 11 is 0. The molecule has 1 saturated heterocycles. The number of benzene rings is 3. The fourth-order valence-corrected chi connectivity index (χ4v) is 5.48. The van der Waals surface area contributed by atoms with E-state index in [9.17, 15) is 9.59 Å². The third-order valence-electron chi connectivity index (χ3n) is 7.52. The van der Waals surface area contributed by atoms with Crippen molar-refractivity contribution in [1.82, 2.24) is 0 Å². The molecule has 1 N–H and O–H groups in total. The van der Waals surface area contributed by atoms with Crippen LogP contribution in [0.25, 0.3) is 11.1 Å². The molecule has 1 atom stereocenters. The van der Waals surface area contributed by atoms with Crippen LogP contribution in [0.1, 0.15) is 47.4 Å². The summed E-state index contributed by atoms with van der Waals surface area (Å²) in [6.07, 6.45) is 1.84. The summed E-state index contributed by atoms with van der Waals surface area (Å²) in [5.41, 5.74) is 7.36. The van der Waals surface area contributed by atoms with E-state index in [-0.39, 0.29) is 23.7 Å². The summed E-state index contributed by atoms with van der Waals surface area (Å²) in [6.45, 7) is 6.32. The lowest BCUT2D eigenvalue weighted by molar-refractivity contribution is -0.141. The van der Waals surface area contributed by atoms with Crippen LogP contribution in [0.4, 0.5) is 5.69 Å². The first-order valence-electron chi connectivity index (χ1n) is 13.5. The van der Waals surface area contributed by atoms with Crippen LogP contribution < -0.4 is 14.8 Å². The van der Waals surface area contributed by atoms with E-state index in [1.807, 2.05) is 42.5 Å². The van der Waals surface area contributed by atoms with Gasteiger partial charge in [-0.15, -0.1) is 0 Å². The first-order chi connectivity index (χ1) is 18.9. The standard InChI is InChI=1S/C32H35NO6/c1-20-13-26(33-32(35)23-9-11-37-12-10-23)14-21(2)31(20)24-6-4-5-22(15-24)18-38-27-7-8-28-25(16-30(34)36-3)19-39-29(28)17-27/h4-8,13-15,17,23,25H,9-12,16,18-19H2,1-3H3,(H,33,35). The molecule has 0 aromatic heterocycles. The molecule has 0 bridgehead atoms. The number of anilines is 1. The van der Waals surface area contributed by atoms with Gasteiger partial charge in [0.2, 0.25) is 5.91 Å². The molecule has 7 nitrogen and oxygen atoms in total. The average Bonchev–Trinajstić information content (AvgIpc) is 3.34.